The van der Waals surface area contributed by atoms with Crippen LogP contribution in [0.1, 0.15) is 12.8 Å². The number of halogens is 1. The van der Waals surface area contributed by atoms with E-state index in [1.54, 1.807) is 11.8 Å². The molecule has 1 heterocycles. The van der Waals surface area contributed by atoms with Crippen molar-refractivity contribution in [2.45, 2.75) is 24.5 Å². The molecule has 1 aromatic heterocycles. The van der Waals surface area contributed by atoms with Crippen molar-refractivity contribution in [1.82, 2.24) is 14.8 Å². The van der Waals surface area contributed by atoms with Gasteiger partial charge in [0.25, 0.3) is 0 Å². The maximum absolute atomic E-state index is 8.57. The highest BCUT2D eigenvalue weighted by Crippen LogP contribution is 2.25. The van der Waals surface area contributed by atoms with E-state index in [-0.39, 0.29) is 0 Å². The van der Waals surface area contributed by atoms with Crippen LogP contribution in [-0.2, 0) is 6.54 Å². The van der Waals surface area contributed by atoms with Crippen LogP contribution in [-0.4, -0.2) is 20.5 Å². The highest BCUT2D eigenvalue weighted by molar-refractivity contribution is 9.10. The number of aromatic nitrogens is 3. The molecule has 2 aromatic rings. The SMILES string of the molecule is C=CCn1c(SCCCC#N)nnc1-c1ccc(Br)cc1. The van der Waals surface area contributed by atoms with Gasteiger partial charge in [-0.15, -0.1) is 16.8 Å². The van der Waals surface area contributed by atoms with Gasteiger partial charge in [-0.05, 0) is 18.6 Å². The van der Waals surface area contributed by atoms with Gasteiger partial charge in [0.1, 0.15) is 0 Å². The summed E-state index contributed by atoms with van der Waals surface area (Å²) in [7, 11) is 0. The number of benzene rings is 1. The lowest BCUT2D eigenvalue weighted by Crippen LogP contribution is -2.00. The average molecular weight is 363 g/mol. The molecule has 2 rings (SSSR count). The lowest BCUT2D eigenvalue weighted by atomic mass is 10.2. The first-order chi connectivity index (χ1) is 10.3. The topological polar surface area (TPSA) is 54.5 Å². The standard InChI is InChI=1S/C15H15BrN4S/c1-2-10-20-14(12-5-7-13(16)8-6-12)18-19-15(20)21-11-4-3-9-17/h2,5-8H,1,3-4,10-11H2. The third-order valence-electron chi connectivity index (χ3n) is 2.80. The van der Waals surface area contributed by atoms with E-state index in [1.165, 1.54) is 0 Å². The summed E-state index contributed by atoms with van der Waals surface area (Å²) in [5, 5.41) is 18.0. The largest absolute Gasteiger partial charge is 0.298 e. The highest BCUT2D eigenvalue weighted by Gasteiger charge is 2.13. The number of hydrogen-bond acceptors (Lipinski definition) is 4. The first-order valence-electron chi connectivity index (χ1n) is 6.56. The second-order valence-electron chi connectivity index (χ2n) is 4.32. The number of unbranched alkanes of at least 4 members (excludes halogenated alkanes) is 1. The monoisotopic (exact) mass is 362 g/mol. The Kier molecular flexibility index (Phi) is 6.03. The zero-order valence-corrected chi connectivity index (χ0v) is 13.9. The van der Waals surface area contributed by atoms with Crippen LogP contribution in [0.5, 0.6) is 0 Å². The Hall–Kier alpha value is -1.58. The van der Waals surface area contributed by atoms with Crippen LogP contribution in [0, 0.1) is 11.3 Å². The first-order valence-corrected chi connectivity index (χ1v) is 8.34. The second kappa shape index (κ2) is 8.01. The molecule has 0 N–H and O–H groups in total. The Morgan fingerprint density at radius 3 is 2.76 bits per heavy atom. The fourth-order valence-corrected chi connectivity index (χ4v) is 2.97. The van der Waals surface area contributed by atoms with Crippen molar-refractivity contribution in [3.05, 3.63) is 41.4 Å². The van der Waals surface area contributed by atoms with Gasteiger partial charge in [0.15, 0.2) is 11.0 Å². The molecule has 108 valence electrons. The summed E-state index contributed by atoms with van der Waals surface area (Å²) in [6.45, 7) is 4.46. The average Bonchev–Trinajstić information content (AvgIpc) is 2.88. The summed E-state index contributed by atoms with van der Waals surface area (Å²) in [6.07, 6.45) is 3.27. The van der Waals surface area contributed by atoms with Gasteiger partial charge in [0.2, 0.25) is 0 Å². The van der Waals surface area contributed by atoms with E-state index in [0.29, 0.717) is 13.0 Å². The predicted octanol–water partition coefficient (Wildman–Crippen LogP) is 4.29. The molecule has 6 heteroatoms. The summed E-state index contributed by atoms with van der Waals surface area (Å²) in [5.74, 6) is 1.70. The normalized spacial score (nSPS) is 10.3. The minimum Gasteiger partial charge on any atom is -0.298 e. The molecule has 0 bridgehead atoms. The Balaban J connectivity index is 2.21. The van der Waals surface area contributed by atoms with E-state index >= 15 is 0 Å². The third-order valence-corrected chi connectivity index (χ3v) is 4.38. The van der Waals surface area contributed by atoms with Crippen molar-refractivity contribution in [2.24, 2.45) is 0 Å². The number of rotatable bonds is 7. The summed E-state index contributed by atoms with van der Waals surface area (Å²) in [6, 6.07) is 10.2. The lowest BCUT2D eigenvalue weighted by molar-refractivity contribution is 0.730. The van der Waals surface area contributed by atoms with Crippen molar-refractivity contribution in [2.75, 3.05) is 5.75 Å². The van der Waals surface area contributed by atoms with Crippen LogP contribution < -0.4 is 0 Å². The van der Waals surface area contributed by atoms with Crippen LogP contribution >= 0.6 is 27.7 Å². The van der Waals surface area contributed by atoms with E-state index < -0.39 is 0 Å². The van der Waals surface area contributed by atoms with E-state index in [9.17, 15) is 0 Å². The van der Waals surface area contributed by atoms with Gasteiger partial charge in [-0.25, -0.2) is 0 Å². The van der Waals surface area contributed by atoms with Gasteiger partial charge in [-0.1, -0.05) is 45.9 Å². The fourth-order valence-electron chi connectivity index (χ4n) is 1.82. The maximum Gasteiger partial charge on any atom is 0.191 e. The molecular formula is C15H15BrN4S. The maximum atomic E-state index is 8.57. The quantitative estimate of drug-likeness (QED) is 0.418. The molecule has 1 aromatic carbocycles. The molecule has 0 spiro atoms. The Morgan fingerprint density at radius 2 is 2.10 bits per heavy atom. The number of hydrogen-bond donors (Lipinski definition) is 0. The van der Waals surface area contributed by atoms with E-state index in [1.807, 2.05) is 34.9 Å². The van der Waals surface area contributed by atoms with Crippen molar-refractivity contribution in [1.29, 1.82) is 5.26 Å². The Morgan fingerprint density at radius 1 is 1.33 bits per heavy atom. The third kappa shape index (κ3) is 4.19. The van der Waals surface area contributed by atoms with Crippen LogP contribution in [0.3, 0.4) is 0 Å². The summed E-state index contributed by atoms with van der Waals surface area (Å²) in [5.41, 5.74) is 1.02. The molecule has 0 atom stereocenters. The Labute approximate surface area is 137 Å². The molecule has 0 fully saturated rings. The molecule has 0 saturated heterocycles. The van der Waals surface area contributed by atoms with Gasteiger partial charge in [-0.2, -0.15) is 5.26 Å². The highest BCUT2D eigenvalue weighted by atomic mass is 79.9. The predicted molar refractivity (Wildman–Crippen MR) is 88.9 cm³/mol. The minimum absolute atomic E-state index is 0.572. The summed E-state index contributed by atoms with van der Waals surface area (Å²) < 4.78 is 3.08. The van der Waals surface area contributed by atoms with E-state index in [2.05, 4.69) is 38.8 Å². The minimum atomic E-state index is 0.572. The number of nitrogens with zero attached hydrogens (tertiary/aromatic N) is 4. The van der Waals surface area contributed by atoms with Crippen molar-refractivity contribution >= 4 is 27.7 Å². The zero-order valence-electron chi connectivity index (χ0n) is 11.5. The Bertz CT molecular complexity index is 643. The number of thioether (sulfide) groups is 1. The lowest BCUT2D eigenvalue weighted by Gasteiger charge is -2.07. The first kappa shape index (κ1) is 15.8. The van der Waals surface area contributed by atoms with Crippen molar-refractivity contribution in [3.8, 4) is 17.5 Å². The molecule has 0 amide bonds. The van der Waals surface area contributed by atoms with Crippen LogP contribution in [0.4, 0.5) is 0 Å². The van der Waals surface area contributed by atoms with Crippen molar-refractivity contribution < 1.29 is 0 Å². The number of nitriles is 1. The van der Waals surface area contributed by atoms with Crippen LogP contribution in [0.2, 0.25) is 0 Å². The van der Waals surface area contributed by atoms with Crippen LogP contribution in [0.25, 0.3) is 11.4 Å². The van der Waals surface area contributed by atoms with Crippen LogP contribution in [0.15, 0.2) is 46.5 Å². The van der Waals surface area contributed by atoms with Gasteiger partial charge in [0, 0.05) is 28.8 Å². The van der Waals surface area contributed by atoms with Gasteiger partial charge < -0.3 is 0 Å². The van der Waals surface area contributed by atoms with Gasteiger partial charge in [0.05, 0.1) is 6.07 Å². The molecule has 0 aliphatic carbocycles. The fraction of sp³-hybridized carbons (Fsp3) is 0.267. The molecule has 0 unspecified atom stereocenters. The van der Waals surface area contributed by atoms with Gasteiger partial charge in [-0.3, -0.25) is 4.57 Å². The summed E-state index contributed by atoms with van der Waals surface area (Å²) in [4.78, 5) is 0. The molecule has 0 aliphatic rings. The zero-order chi connectivity index (χ0) is 15.1. The molecular weight excluding hydrogens is 348 g/mol. The molecule has 4 nitrogen and oxygen atoms in total. The smallest absolute Gasteiger partial charge is 0.191 e. The molecule has 0 saturated carbocycles. The second-order valence-corrected chi connectivity index (χ2v) is 6.30. The summed E-state index contributed by atoms with van der Waals surface area (Å²) >= 11 is 5.06. The molecule has 0 aliphatic heterocycles. The van der Waals surface area contributed by atoms with Crippen molar-refractivity contribution in [3.63, 3.8) is 0 Å². The number of allylic oxidation sites excluding steroid dienone is 1. The van der Waals surface area contributed by atoms with Gasteiger partial charge >= 0.3 is 0 Å². The van der Waals surface area contributed by atoms with E-state index in [4.69, 9.17) is 5.26 Å². The molecule has 0 radical (unpaired) electrons. The van der Waals surface area contributed by atoms with E-state index in [0.717, 1.165) is 33.2 Å². The molecule has 21 heavy (non-hydrogen) atoms.